The molecule has 1 aromatic rings. The maximum atomic E-state index is 9.35. The molecule has 1 N–H and O–H groups in total. The van der Waals surface area contributed by atoms with E-state index >= 15 is 0 Å². The van der Waals surface area contributed by atoms with Crippen molar-refractivity contribution in [3.05, 3.63) is 29.8 Å². The number of hydrogen-bond donors (Lipinski definition) is 1. The van der Waals surface area contributed by atoms with E-state index in [4.69, 9.17) is 0 Å². The highest BCUT2D eigenvalue weighted by Gasteiger charge is 2.22. The van der Waals surface area contributed by atoms with Gasteiger partial charge in [0.1, 0.15) is 0 Å². The minimum absolute atomic E-state index is 0.120. The van der Waals surface area contributed by atoms with Crippen LogP contribution in [0.5, 0.6) is 0 Å². The van der Waals surface area contributed by atoms with Crippen molar-refractivity contribution in [1.82, 2.24) is 4.90 Å². The fourth-order valence-electron chi connectivity index (χ4n) is 2.42. The van der Waals surface area contributed by atoms with Crippen LogP contribution in [0.15, 0.2) is 24.3 Å². The van der Waals surface area contributed by atoms with Gasteiger partial charge in [-0.3, -0.25) is 0 Å². The van der Waals surface area contributed by atoms with E-state index in [0.29, 0.717) is 6.04 Å². The zero-order valence-corrected chi connectivity index (χ0v) is 10.1. The first-order valence-electron chi connectivity index (χ1n) is 5.86. The van der Waals surface area contributed by atoms with Crippen molar-refractivity contribution >= 4 is 5.69 Å². The van der Waals surface area contributed by atoms with E-state index in [9.17, 15) is 5.11 Å². The minimum atomic E-state index is 0.120. The molecule has 1 aliphatic heterocycles. The van der Waals surface area contributed by atoms with E-state index in [1.54, 1.807) is 0 Å². The van der Waals surface area contributed by atoms with Gasteiger partial charge in [0.2, 0.25) is 0 Å². The molecule has 3 heteroatoms. The van der Waals surface area contributed by atoms with Crippen LogP contribution in [0.1, 0.15) is 12.5 Å². The van der Waals surface area contributed by atoms with Crippen LogP contribution in [0.3, 0.4) is 0 Å². The summed E-state index contributed by atoms with van der Waals surface area (Å²) in [6.45, 7) is 5.57. The van der Waals surface area contributed by atoms with Crippen LogP contribution in [-0.4, -0.2) is 42.7 Å². The molecule has 0 radical (unpaired) electrons. The topological polar surface area (TPSA) is 26.7 Å². The molecule has 1 fully saturated rings. The van der Waals surface area contributed by atoms with Gasteiger partial charge in [0.15, 0.2) is 0 Å². The van der Waals surface area contributed by atoms with Gasteiger partial charge in [-0.15, -0.1) is 0 Å². The number of para-hydroxylation sites is 1. The summed E-state index contributed by atoms with van der Waals surface area (Å²) in [4.78, 5) is 4.74. The Morgan fingerprint density at radius 3 is 2.75 bits per heavy atom. The van der Waals surface area contributed by atoms with Crippen molar-refractivity contribution < 1.29 is 5.11 Å². The predicted molar refractivity (Wildman–Crippen MR) is 66.7 cm³/mol. The van der Waals surface area contributed by atoms with Crippen LogP contribution in [0.25, 0.3) is 0 Å². The Morgan fingerprint density at radius 1 is 1.31 bits per heavy atom. The fraction of sp³-hybridized carbons (Fsp3) is 0.538. The average Bonchev–Trinajstić information content (AvgIpc) is 2.29. The normalized spacial score (nSPS) is 22.4. The highest BCUT2D eigenvalue weighted by Crippen LogP contribution is 2.24. The summed E-state index contributed by atoms with van der Waals surface area (Å²) in [5.41, 5.74) is 2.21. The molecule has 1 unspecified atom stereocenters. The smallest absolute Gasteiger partial charge is 0.0702 e. The molecule has 0 amide bonds. The van der Waals surface area contributed by atoms with Crippen LogP contribution in [0.2, 0.25) is 0 Å². The van der Waals surface area contributed by atoms with Crippen LogP contribution < -0.4 is 4.90 Å². The number of piperazine rings is 1. The second kappa shape index (κ2) is 4.85. The van der Waals surface area contributed by atoms with Gasteiger partial charge >= 0.3 is 0 Å². The van der Waals surface area contributed by atoms with Crippen molar-refractivity contribution in [3.8, 4) is 0 Å². The number of anilines is 1. The molecular formula is C13H20N2O. The number of likely N-dealkylation sites (N-methyl/N-ethyl adjacent to an activating group) is 1. The molecule has 0 spiro atoms. The third-order valence-corrected chi connectivity index (χ3v) is 3.30. The molecule has 0 bridgehead atoms. The van der Waals surface area contributed by atoms with E-state index in [1.165, 1.54) is 5.69 Å². The number of nitrogens with zero attached hydrogens (tertiary/aromatic N) is 2. The van der Waals surface area contributed by atoms with Gasteiger partial charge in [-0.2, -0.15) is 0 Å². The van der Waals surface area contributed by atoms with E-state index in [-0.39, 0.29) is 6.61 Å². The van der Waals surface area contributed by atoms with Gasteiger partial charge in [-0.05, 0) is 20.0 Å². The van der Waals surface area contributed by atoms with Gasteiger partial charge < -0.3 is 14.9 Å². The lowest BCUT2D eigenvalue weighted by Crippen LogP contribution is -2.50. The molecule has 0 aromatic heterocycles. The van der Waals surface area contributed by atoms with E-state index in [1.807, 2.05) is 18.2 Å². The third kappa shape index (κ3) is 2.20. The second-order valence-electron chi connectivity index (χ2n) is 4.59. The first kappa shape index (κ1) is 11.4. The molecule has 1 aromatic carbocycles. The van der Waals surface area contributed by atoms with E-state index in [2.05, 4.69) is 29.8 Å². The molecule has 1 saturated heterocycles. The minimum Gasteiger partial charge on any atom is -0.392 e. The highest BCUT2D eigenvalue weighted by atomic mass is 16.3. The van der Waals surface area contributed by atoms with Crippen LogP contribution in [0, 0.1) is 0 Å². The monoisotopic (exact) mass is 220 g/mol. The molecule has 1 aliphatic rings. The second-order valence-corrected chi connectivity index (χ2v) is 4.59. The molecule has 1 heterocycles. The average molecular weight is 220 g/mol. The van der Waals surface area contributed by atoms with Crippen molar-refractivity contribution in [3.63, 3.8) is 0 Å². The molecule has 88 valence electrons. The lowest BCUT2D eigenvalue weighted by molar-refractivity contribution is 0.269. The SMILES string of the molecule is CC1CN(C)CCN1c1ccccc1CO. The van der Waals surface area contributed by atoms with E-state index in [0.717, 1.165) is 25.2 Å². The maximum Gasteiger partial charge on any atom is 0.0702 e. The zero-order valence-electron chi connectivity index (χ0n) is 10.1. The van der Waals surface area contributed by atoms with Crippen molar-refractivity contribution in [2.45, 2.75) is 19.6 Å². The molecule has 0 saturated carbocycles. The highest BCUT2D eigenvalue weighted by molar-refractivity contribution is 5.54. The van der Waals surface area contributed by atoms with Crippen LogP contribution >= 0.6 is 0 Å². The fourth-order valence-corrected chi connectivity index (χ4v) is 2.42. The van der Waals surface area contributed by atoms with Gasteiger partial charge in [0.25, 0.3) is 0 Å². The Hall–Kier alpha value is -1.06. The van der Waals surface area contributed by atoms with Crippen LogP contribution in [-0.2, 0) is 6.61 Å². The number of rotatable bonds is 2. The lowest BCUT2D eigenvalue weighted by atomic mass is 10.1. The number of aliphatic hydroxyl groups excluding tert-OH is 1. The first-order chi connectivity index (χ1) is 7.72. The summed E-state index contributed by atoms with van der Waals surface area (Å²) in [7, 11) is 2.16. The standard InChI is InChI=1S/C13H20N2O/c1-11-9-14(2)7-8-15(11)13-6-4-3-5-12(13)10-16/h3-6,11,16H,7-10H2,1-2H3. The number of benzene rings is 1. The van der Waals surface area contributed by atoms with Crippen LogP contribution in [0.4, 0.5) is 5.69 Å². The third-order valence-electron chi connectivity index (χ3n) is 3.30. The molecule has 3 nitrogen and oxygen atoms in total. The predicted octanol–water partition coefficient (Wildman–Crippen LogP) is 1.32. The molecule has 2 rings (SSSR count). The van der Waals surface area contributed by atoms with Gasteiger partial charge in [-0.1, -0.05) is 18.2 Å². The van der Waals surface area contributed by atoms with Crippen molar-refractivity contribution in [2.24, 2.45) is 0 Å². The summed E-state index contributed by atoms with van der Waals surface area (Å²) >= 11 is 0. The number of aliphatic hydroxyl groups is 1. The Balaban J connectivity index is 2.23. The van der Waals surface area contributed by atoms with Gasteiger partial charge in [0, 0.05) is 36.9 Å². The van der Waals surface area contributed by atoms with Crippen molar-refractivity contribution in [2.75, 3.05) is 31.6 Å². The maximum absolute atomic E-state index is 9.35. The first-order valence-corrected chi connectivity index (χ1v) is 5.86. The molecule has 16 heavy (non-hydrogen) atoms. The van der Waals surface area contributed by atoms with Gasteiger partial charge in [-0.25, -0.2) is 0 Å². The Bertz CT molecular complexity index is 354. The summed E-state index contributed by atoms with van der Waals surface area (Å²) in [6, 6.07) is 8.63. The molecule has 1 atom stereocenters. The van der Waals surface area contributed by atoms with E-state index < -0.39 is 0 Å². The lowest BCUT2D eigenvalue weighted by Gasteiger charge is -2.40. The molecule has 0 aliphatic carbocycles. The summed E-state index contributed by atoms with van der Waals surface area (Å²) in [6.07, 6.45) is 0. The Labute approximate surface area is 97.3 Å². The van der Waals surface area contributed by atoms with Gasteiger partial charge in [0.05, 0.1) is 6.61 Å². The summed E-state index contributed by atoms with van der Waals surface area (Å²) in [5, 5.41) is 9.35. The largest absolute Gasteiger partial charge is 0.392 e. The Morgan fingerprint density at radius 2 is 2.06 bits per heavy atom. The zero-order chi connectivity index (χ0) is 11.5. The summed E-state index contributed by atoms with van der Waals surface area (Å²) in [5.74, 6) is 0. The summed E-state index contributed by atoms with van der Waals surface area (Å²) < 4.78 is 0. The quantitative estimate of drug-likeness (QED) is 0.814. The van der Waals surface area contributed by atoms with Crippen molar-refractivity contribution in [1.29, 1.82) is 0 Å². The Kier molecular flexibility index (Phi) is 3.46. The number of hydrogen-bond acceptors (Lipinski definition) is 3. The molecular weight excluding hydrogens is 200 g/mol.